The number of hydrogen-bond acceptors (Lipinski definition) is 3. The molecule has 0 saturated carbocycles. The first-order valence-electron chi connectivity index (χ1n) is 7.05. The summed E-state index contributed by atoms with van der Waals surface area (Å²) in [5.74, 6) is 0.560. The molecule has 106 valence electrons. The van der Waals surface area contributed by atoms with E-state index >= 15 is 0 Å². The number of hydrogen-bond donors (Lipinski definition) is 0. The molecule has 1 fully saturated rings. The van der Waals surface area contributed by atoms with Gasteiger partial charge < -0.3 is 0 Å². The molecule has 0 bridgehead atoms. The molecule has 1 aromatic rings. The second-order valence-corrected chi connectivity index (χ2v) is 6.02. The van der Waals surface area contributed by atoms with Crippen molar-refractivity contribution < 1.29 is 4.79 Å². The number of ketones is 1. The Labute approximate surface area is 123 Å². The van der Waals surface area contributed by atoms with Gasteiger partial charge in [-0.15, -0.1) is 0 Å². The largest absolute Gasteiger partial charge is 0.299 e. The Morgan fingerprint density at radius 3 is 2.74 bits per heavy atom. The number of likely N-dealkylation sites (tertiary alicyclic amines) is 1. The molecule has 2 rings (SSSR count). The summed E-state index contributed by atoms with van der Waals surface area (Å²) >= 11 is 3.68. The molecule has 19 heavy (non-hydrogen) atoms. The fourth-order valence-corrected chi connectivity index (χ4v) is 3.31. The number of rotatable bonds is 4. The zero-order valence-corrected chi connectivity index (χ0v) is 13.5. The molecular weight excluding hydrogens is 306 g/mol. The zero-order chi connectivity index (χ0) is 14.0. The van der Waals surface area contributed by atoms with Gasteiger partial charge in [0.15, 0.2) is 0 Å². The number of halogens is 1. The second kappa shape index (κ2) is 6.18. The monoisotopic (exact) mass is 327 g/mol. The van der Waals surface area contributed by atoms with Crippen LogP contribution in [0, 0.1) is 5.92 Å². The number of nitrogens with zero attached hydrogens (tertiary/aromatic N) is 3. The number of piperidine rings is 1. The van der Waals surface area contributed by atoms with Crippen LogP contribution in [-0.2, 0) is 24.3 Å². The van der Waals surface area contributed by atoms with Crippen LogP contribution in [0.4, 0.5) is 0 Å². The summed E-state index contributed by atoms with van der Waals surface area (Å²) in [5.41, 5.74) is 2.36. The first-order valence-corrected chi connectivity index (χ1v) is 7.85. The zero-order valence-electron chi connectivity index (χ0n) is 11.9. The van der Waals surface area contributed by atoms with Crippen LogP contribution in [0.2, 0.25) is 0 Å². The lowest BCUT2D eigenvalue weighted by Crippen LogP contribution is -2.39. The predicted octanol–water partition coefficient (Wildman–Crippen LogP) is 2.64. The molecule has 4 nitrogen and oxygen atoms in total. The molecule has 5 heteroatoms. The molecule has 1 unspecified atom stereocenters. The van der Waals surface area contributed by atoms with Crippen molar-refractivity contribution >= 4 is 21.7 Å². The van der Waals surface area contributed by atoms with Crippen LogP contribution in [0.3, 0.4) is 0 Å². The van der Waals surface area contributed by atoms with Gasteiger partial charge in [-0.2, -0.15) is 5.10 Å². The minimum Gasteiger partial charge on any atom is -0.299 e. The van der Waals surface area contributed by atoms with Crippen molar-refractivity contribution in [2.24, 2.45) is 5.92 Å². The average molecular weight is 328 g/mol. The van der Waals surface area contributed by atoms with Gasteiger partial charge in [0.05, 0.1) is 15.9 Å². The molecule has 0 aromatic carbocycles. The molecule has 1 atom stereocenters. The Kier molecular flexibility index (Phi) is 4.79. The van der Waals surface area contributed by atoms with E-state index in [1.54, 1.807) is 0 Å². The summed E-state index contributed by atoms with van der Waals surface area (Å²) in [4.78, 5) is 13.9. The molecule has 0 amide bonds. The smallest absolute Gasteiger partial charge is 0.138 e. The molecule has 1 saturated heterocycles. The molecule has 1 aliphatic heterocycles. The third kappa shape index (κ3) is 3.08. The van der Waals surface area contributed by atoms with E-state index < -0.39 is 0 Å². The van der Waals surface area contributed by atoms with E-state index in [-0.39, 0.29) is 5.92 Å². The summed E-state index contributed by atoms with van der Waals surface area (Å²) < 4.78 is 3.21. The third-order valence-electron chi connectivity index (χ3n) is 3.82. The molecule has 0 spiro atoms. The van der Waals surface area contributed by atoms with Crippen molar-refractivity contribution in [2.45, 2.75) is 46.7 Å². The van der Waals surface area contributed by atoms with E-state index in [4.69, 9.17) is 0 Å². The number of aryl methyl sites for hydroxylation is 2. The summed E-state index contributed by atoms with van der Waals surface area (Å²) in [6, 6.07) is 0. The minimum atomic E-state index is 0.163. The standard InChI is InChI=1S/C14H22BrN3O/c1-4-11-14(15)12(18(5-2)16-11)9-17-7-6-13(19)10(3)8-17/h10H,4-9H2,1-3H3. The van der Waals surface area contributed by atoms with Gasteiger partial charge in [-0.3, -0.25) is 14.4 Å². The Bertz CT molecular complexity index is 470. The van der Waals surface area contributed by atoms with E-state index in [1.807, 2.05) is 6.92 Å². The van der Waals surface area contributed by atoms with Crippen molar-refractivity contribution in [1.82, 2.24) is 14.7 Å². The normalized spacial score (nSPS) is 21.1. The van der Waals surface area contributed by atoms with Crippen molar-refractivity contribution in [3.05, 3.63) is 15.9 Å². The number of aromatic nitrogens is 2. The Balaban J connectivity index is 2.14. The maximum absolute atomic E-state index is 11.6. The molecule has 0 radical (unpaired) electrons. The molecule has 2 heterocycles. The SMILES string of the molecule is CCc1nn(CC)c(CN2CCC(=O)C(C)C2)c1Br. The van der Waals surface area contributed by atoms with E-state index in [1.165, 1.54) is 5.69 Å². The fraction of sp³-hybridized carbons (Fsp3) is 0.714. The second-order valence-electron chi connectivity index (χ2n) is 5.23. The van der Waals surface area contributed by atoms with E-state index in [0.29, 0.717) is 12.2 Å². The van der Waals surface area contributed by atoms with Crippen LogP contribution in [0.5, 0.6) is 0 Å². The quantitative estimate of drug-likeness (QED) is 0.853. The lowest BCUT2D eigenvalue weighted by molar-refractivity contribution is -0.125. The topological polar surface area (TPSA) is 38.1 Å². The van der Waals surface area contributed by atoms with Crippen molar-refractivity contribution in [2.75, 3.05) is 13.1 Å². The van der Waals surface area contributed by atoms with Crippen LogP contribution in [0.25, 0.3) is 0 Å². The molecule has 0 N–H and O–H groups in total. The van der Waals surface area contributed by atoms with Gasteiger partial charge in [-0.25, -0.2) is 0 Å². The number of Topliss-reactive ketones (excluding diaryl/α,β-unsaturated/α-hetero) is 1. The first kappa shape index (κ1) is 14.7. The van der Waals surface area contributed by atoms with Crippen molar-refractivity contribution in [3.63, 3.8) is 0 Å². The van der Waals surface area contributed by atoms with Crippen LogP contribution in [0.15, 0.2) is 4.47 Å². The Morgan fingerprint density at radius 2 is 2.16 bits per heavy atom. The van der Waals surface area contributed by atoms with Crippen LogP contribution < -0.4 is 0 Å². The predicted molar refractivity (Wildman–Crippen MR) is 79.0 cm³/mol. The Hall–Kier alpha value is -0.680. The van der Waals surface area contributed by atoms with Crippen LogP contribution in [-0.4, -0.2) is 33.6 Å². The maximum atomic E-state index is 11.6. The fourth-order valence-electron chi connectivity index (χ4n) is 2.62. The summed E-state index contributed by atoms with van der Waals surface area (Å²) in [6.07, 6.45) is 1.62. The van der Waals surface area contributed by atoms with E-state index in [9.17, 15) is 4.79 Å². The summed E-state index contributed by atoms with van der Waals surface area (Å²) in [5, 5.41) is 4.62. The van der Waals surface area contributed by atoms with E-state index in [0.717, 1.165) is 42.8 Å². The molecule has 1 aliphatic rings. The minimum absolute atomic E-state index is 0.163. The van der Waals surface area contributed by atoms with Gasteiger partial charge in [0.1, 0.15) is 5.78 Å². The third-order valence-corrected chi connectivity index (χ3v) is 4.74. The van der Waals surface area contributed by atoms with Crippen molar-refractivity contribution in [1.29, 1.82) is 0 Å². The summed E-state index contributed by atoms with van der Waals surface area (Å²) in [6.45, 7) is 9.75. The number of carbonyl (C=O) groups excluding carboxylic acids is 1. The highest BCUT2D eigenvalue weighted by Crippen LogP contribution is 2.25. The highest BCUT2D eigenvalue weighted by atomic mass is 79.9. The maximum Gasteiger partial charge on any atom is 0.138 e. The van der Waals surface area contributed by atoms with Gasteiger partial charge in [0.25, 0.3) is 0 Å². The summed E-state index contributed by atoms with van der Waals surface area (Å²) in [7, 11) is 0. The molecule has 0 aliphatic carbocycles. The lowest BCUT2D eigenvalue weighted by Gasteiger charge is -2.30. The van der Waals surface area contributed by atoms with Crippen LogP contribution in [0.1, 0.15) is 38.6 Å². The first-order chi connectivity index (χ1) is 9.06. The van der Waals surface area contributed by atoms with Gasteiger partial charge in [0, 0.05) is 38.5 Å². The van der Waals surface area contributed by atoms with Crippen molar-refractivity contribution in [3.8, 4) is 0 Å². The molecule has 1 aromatic heterocycles. The van der Waals surface area contributed by atoms with Gasteiger partial charge in [0.2, 0.25) is 0 Å². The lowest BCUT2D eigenvalue weighted by atomic mass is 9.98. The average Bonchev–Trinajstić information content (AvgIpc) is 2.70. The highest BCUT2D eigenvalue weighted by Gasteiger charge is 2.25. The van der Waals surface area contributed by atoms with Gasteiger partial charge >= 0.3 is 0 Å². The van der Waals surface area contributed by atoms with E-state index in [2.05, 4.69) is 44.5 Å². The van der Waals surface area contributed by atoms with Crippen LogP contribution >= 0.6 is 15.9 Å². The van der Waals surface area contributed by atoms with Gasteiger partial charge in [-0.05, 0) is 29.3 Å². The number of carbonyl (C=O) groups is 1. The Morgan fingerprint density at radius 1 is 1.42 bits per heavy atom. The van der Waals surface area contributed by atoms with Gasteiger partial charge in [-0.1, -0.05) is 13.8 Å². The molecular formula is C14H22BrN3O. The highest BCUT2D eigenvalue weighted by molar-refractivity contribution is 9.10.